The first kappa shape index (κ1) is 18.7. The van der Waals surface area contributed by atoms with Gasteiger partial charge in [-0.1, -0.05) is 18.2 Å². The lowest BCUT2D eigenvalue weighted by molar-refractivity contribution is 0.0995. The molecule has 0 unspecified atom stereocenters. The van der Waals surface area contributed by atoms with Gasteiger partial charge in [0, 0.05) is 5.69 Å². The quantitative estimate of drug-likeness (QED) is 0.689. The van der Waals surface area contributed by atoms with Crippen LogP contribution >= 0.6 is 0 Å². The van der Waals surface area contributed by atoms with E-state index in [9.17, 15) is 17.6 Å². The van der Waals surface area contributed by atoms with Gasteiger partial charge in [-0.05, 0) is 55.8 Å². The van der Waals surface area contributed by atoms with Gasteiger partial charge in [-0.2, -0.15) is 0 Å². The fraction of sp³-hybridized carbons (Fsp3) is 0.105. The van der Waals surface area contributed by atoms with Crippen molar-refractivity contribution in [2.24, 2.45) is 0 Å². The molecule has 0 bridgehead atoms. The van der Waals surface area contributed by atoms with E-state index in [0.29, 0.717) is 11.3 Å². The zero-order valence-corrected chi connectivity index (χ0v) is 15.4. The second-order valence-electron chi connectivity index (χ2n) is 5.93. The standard InChI is InChI=1S/C19H17FN2O4S/c1-12-7-9-14(21-19(23)17-10-8-13(2)26-17)11-18(12)27(24,25)22-16-6-4-3-5-15(16)20/h3-11,22H,1-2H3,(H,21,23). The van der Waals surface area contributed by atoms with Gasteiger partial charge in [0.05, 0.1) is 10.6 Å². The van der Waals surface area contributed by atoms with E-state index in [1.54, 1.807) is 32.0 Å². The number of rotatable bonds is 5. The van der Waals surface area contributed by atoms with E-state index in [0.717, 1.165) is 6.07 Å². The lowest BCUT2D eigenvalue weighted by Crippen LogP contribution is -2.16. The molecule has 2 N–H and O–H groups in total. The summed E-state index contributed by atoms with van der Waals surface area (Å²) in [5.41, 5.74) is 0.566. The molecular formula is C19H17FN2O4S. The molecule has 0 aliphatic rings. The molecule has 0 spiro atoms. The fourth-order valence-electron chi connectivity index (χ4n) is 2.46. The summed E-state index contributed by atoms with van der Waals surface area (Å²) >= 11 is 0. The Morgan fingerprint density at radius 2 is 1.78 bits per heavy atom. The number of nitrogens with one attached hydrogen (secondary N) is 2. The van der Waals surface area contributed by atoms with Crippen molar-refractivity contribution in [1.82, 2.24) is 0 Å². The summed E-state index contributed by atoms with van der Waals surface area (Å²) in [6.07, 6.45) is 0. The van der Waals surface area contributed by atoms with Gasteiger partial charge < -0.3 is 9.73 Å². The van der Waals surface area contributed by atoms with Crippen LogP contribution in [-0.4, -0.2) is 14.3 Å². The fourth-order valence-corrected chi connectivity index (χ4v) is 3.80. The minimum atomic E-state index is -4.05. The van der Waals surface area contributed by atoms with Crippen LogP contribution in [0, 0.1) is 19.7 Å². The summed E-state index contributed by atoms with van der Waals surface area (Å²) in [6, 6.07) is 13.1. The Hall–Kier alpha value is -3.13. The number of benzene rings is 2. The number of hydrogen-bond donors (Lipinski definition) is 2. The number of amides is 1. The number of furan rings is 1. The van der Waals surface area contributed by atoms with Gasteiger partial charge in [0.1, 0.15) is 11.6 Å². The summed E-state index contributed by atoms with van der Waals surface area (Å²) in [6.45, 7) is 3.32. The Morgan fingerprint density at radius 1 is 1.04 bits per heavy atom. The number of aryl methyl sites for hydroxylation is 2. The highest BCUT2D eigenvalue weighted by atomic mass is 32.2. The highest BCUT2D eigenvalue weighted by Gasteiger charge is 2.20. The van der Waals surface area contributed by atoms with E-state index in [-0.39, 0.29) is 22.0 Å². The number of halogens is 1. The summed E-state index contributed by atoms with van der Waals surface area (Å²) < 4.78 is 46.6. The van der Waals surface area contributed by atoms with Crippen molar-refractivity contribution >= 4 is 27.3 Å². The van der Waals surface area contributed by atoms with Crippen molar-refractivity contribution < 1.29 is 22.0 Å². The maximum Gasteiger partial charge on any atom is 0.291 e. The molecule has 2 aromatic carbocycles. The van der Waals surface area contributed by atoms with E-state index in [2.05, 4.69) is 10.0 Å². The number of carbonyl (C=O) groups is 1. The maximum atomic E-state index is 13.8. The lowest BCUT2D eigenvalue weighted by Gasteiger charge is -2.13. The van der Waals surface area contributed by atoms with Gasteiger partial charge in [0.25, 0.3) is 15.9 Å². The van der Waals surface area contributed by atoms with Crippen molar-refractivity contribution in [3.63, 3.8) is 0 Å². The molecule has 0 aliphatic carbocycles. The van der Waals surface area contributed by atoms with E-state index >= 15 is 0 Å². The molecule has 0 radical (unpaired) electrons. The van der Waals surface area contributed by atoms with Crippen molar-refractivity contribution in [1.29, 1.82) is 0 Å². The molecular weight excluding hydrogens is 371 g/mol. The number of anilines is 2. The van der Waals surface area contributed by atoms with Crippen LogP contribution in [0.2, 0.25) is 0 Å². The summed E-state index contributed by atoms with van der Waals surface area (Å²) in [4.78, 5) is 12.1. The molecule has 0 saturated heterocycles. The third-order valence-electron chi connectivity index (χ3n) is 3.82. The van der Waals surface area contributed by atoms with Gasteiger partial charge in [-0.3, -0.25) is 9.52 Å². The normalized spacial score (nSPS) is 11.2. The van der Waals surface area contributed by atoms with Gasteiger partial charge in [0.2, 0.25) is 0 Å². The summed E-state index contributed by atoms with van der Waals surface area (Å²) in [5.74, 6) is -0.489. The van der Waals surface area contributed by atoms with E-state index in [4.69, 9.17) is 4.42 Å². The van der Waals surface area contributed by atoms with Crippen LogP contribution < -0.4 is 10.0 Å². The monoisotopic (exact) mass is 388 g/mol. The molecule has 3 aromatic rings. The number of sulfonamides is 1. The predicted molar refractivity (Wildman–Crippen MR) is 99.8 cm³/mol. The molecule has 140 valence electrons. The Labute approximate surface area is 156 Å². The third kappa shape index (κ3) is 4.17. The van der Waals surface area contributed by atoms with Crippen LogP contribution in [0.4, 0.5) is 15.8 Å². The van der Waals surface area contributed by atoms with Crippen LogP contribution in [0.15, 0.2) is 63.9 Å². The molecule has 1 aromatic heterocycles. The van der Waals surface area contributed by atoms with Crippen LogP contribution in [0.3, 0.4) is 0 Å². The number of carbonyl (C=O) groups excluding carboxylic acids is 1. The Morgan fingerprint density at radius 3 is 2.44 bits per heavy atom. The molecule has 8 heteroatoms. The largest absolute Gasteiger partial charge is 0.456 e. The third-order valence-corrected chi connectivity index (χ3v) is 5.33. The zero-order chi connectivity index (χ0) is 19.6. The SMILES string of the molecule is Cc1ccc(C(=O)Nc2ccc(C)c(S(=O)(=O)Nc3ccccc3F)c2)o1. The topological polar surface area (TPSA) is 88.4 Å². The van der Waals surface area contributed by atoms with Gasteiger partial charge in [-0.25, -0.2) is 12.8 Å². The van der Waals surface area contributed by atoms with Crippen molar-refractivity contribution in [2.75, 3.05) is 10.0 Å². The maximum absolute atomic E-state index is 13.8. The second kappa shape index (κ2) is 7.24. The second-order valence-corrected chi connectivity index (χ2v) is 7.58. The van der Waals surface area contributed by atoms with Crippen LogP contribution in [0.5, 0.6) is 0 Å². The average molecular weight is 388 g/mol. The van der Waals surface area contributed by atoms with Gasteiger partial charge >= 0.3 is 0 Å². The lowest BCUT2D eigenvalue weighted by atomic mass is 10.2. The van der Waals surface area contributed by atoms with Crippen LogP contribution in [-0.2, 0) is 10.0 Å². The first-order valence-corrected chi connectivity index (χ1v) is 9.50. The van der Waals surface area contributed by atoms with Gasteiger partial charge in [-0.15, -0.1) is 0 Å². The van der Waals surface area contributed by atoms with Crippen molar-refractivity contribution in [2.45, 2.75) is 18.7 Å². The van der Waals surface area contributed by atoms with Crippen LogP contribution in [0.25, 0.3) is 0 Å². The van der Waals surface area contributed by atoms with Crippen molar-refractivity contribution in [3.05, 3.63) is 77.5 Å². The number of para-hydroxylation sites is 1. The number of hydrogen-bond acceptors (Lipinski definition) is 4. The first-order chi connectivity index (χ1) is 12.8. The van der Waals surface area contributed by atoms with Crippen molar-refractivity contribution in [3.8, 4) is 0 Å². The van der Waals surface area contributed by atoms with Gasteiger partial charge in [0.15, 0.2) is 5.76 Å². The molecule has 0 atom stereocenters. The van der Waals surface area contributed by atoms with E-state index in [1.807, 2.05) is 0 Å². The van der Waals surface area contributed by atoms with Crippen LogP contribution in [0.1, 0.15) is 21.9 Å². The smallest absolute Gasteiger partial charge is 0.291 e. The Kier molecular flexibility index (Phi) is 5.00. The molecule has 0 saturated carbocycles. The molecule has 27 heavy (non-hydrogen) atoms. The van der Waals surface area contributed by atoms with E-state index < -0.39 is 21.7 Å². The Balaban J connectivity index is 1.88. The molecule has 3 rings (SSSR count). The summed E-state index contributed by atoms with van der Waals surface area (Å²) in [7, 11) is -4.05. The summed E-state index contributed by atoms with van der Waals surface area (Å²) in [5, 5.41) is 2.59. The minimum absolute atomic E-state index is 0.0702. The minimum Gasteiger partial charge on any atom is -0.456 e. The Bertz CT molecular complexity index is 1110. The highest BCUT2D eigenvalue weighted by Crippen LogP contribution is 2.24. The predicted octanol–water partition coefficient (Wildman–Crippen LogP) is 4.09. The molecule has 1 amide bonds. The molecule has 1 heterocycles. The molecule has 0 fully saturated rings. The zero-order valence-electron chi connectivity index (χ0n) is 14.6. The average Bonchev–Trinajstić information content (AvgIpc) is 3.05. The molecule has 6 nitrogen and oxygen atoms in total. The highest BCUT2D eigenvalue weighted by molar-refractivity contribution is 7.92. The molecule has 0 aliphatic heterocycles. The van der Waals surface area contributed by atoms with E-state index in [1.165, 1.54) is 30.3 Å². The first-order valence-electron chi connectivity index (χ1n) is 8.02.